The van der Waals surface area contributed by atoms with Gasteiger partial charge < -0.3 is 15.0 Å². The van der Waals surface area contributed by atoms with Gasteiger partial charge >= 0.3 is 0 Å². The van der Waals surface area contributed by atoms with Gasteiger partial charge in [-0.05, 0) is 25.2 Å². The fourth-order valence-electron chi connectivity index (χ4n) is 4.05. The SMILES string of the molecule is CNC(=O)[C@H]1CN(C(=O)CC2CCCC2)[C@@H]2CCO[C@H]12. The van der Waals surface area contributed by atoms with Gasteiger partial charge in [-0.15, -0.1) is 0 Å². The van der Waals surface area contributed by atoms with Crippen LogP contribution in [-0.4, -0.2) is 49.1 Å². The van der Waals surface area contributed by atoms with Crippen molar-refractivity contribution in [3.63, 3.8) is 0 Å². The normalized spacial score (nSPS) is 33.5. The van der Waals surface area contributed by atoms with Gasteiger partial charge in [0.1, 0.15) is 0 Å². The number of carbonyl (C=O) groups is 2. The van der Waals surface area contributed by atoms with Gasteiger partial charge in [-0.1, -0.05) is 12.8 Å². The second-order valence-electron chi connectivity index (χ2n) is 6.31. The number of hydrogen-bond donors (Lipinski definition) is 1. The Labute approximate surface area is 120 Å². The van der Waals surface area contributed by atoms with Crippen LogP contribution in [0.2, 0.25) is 0 Å². The maximum Gasteiger partial charge on any atom is 0.227 e. The first-order chi connectivity index (χ1) is 9.70. The van der Waals surface area contributed by atoms with Crippen LogP contribution in [-0.2, 0) is 14.3 Å². The summed E-state index contributed by atoms with van der Waals surface area (Å²) < 4.78 is 5.71. The second-order valence-corrected chi connectivity index (χ2v) is 6.31. The van der Waals surface area contributed by atoms with Crippen molar-refractivity contribution in [1.82, 2.24) is 10.2 Å². The smallest absolute Gasteiger partial charge is 0.227 e. The number of hydrogen-bond acceptors (Lipinski definition) is 3. The van der Waals surface area contributed by atoms with Gasteiger partial charge in [-0.25, -0.2) is 0 Å². The molecule has 0 aromatic heterocycles. The molecule has 3 rings (SSSR count). The molecule has 2 amide bonds. The standard InChI is InChI=1S/C15H24N2O3/c1-16-15(19)11-9-17(12-6-7-20-14(11)12)13(18)8-10-4-2-3-5-10/h10-12,14H,2-9H2,1H3,(H,16,19)/t11-,12+,14+/m0/s1. The minimum absolute atomic E-state index is 0.00179. The third-order valence-electron chi connectivity index (χ3n) is 5.14. The molecule has 5 nitrogen and oxygen atoms in total. The third kappa shape index (κ3) is 2.43. The zero-order valence-electron chi connectivity index (χ0n) is 12.1. The molecule has 0 aromatic rings. The number of nitrogens with one attached hydrogen (secondary N) is 1. The first-order valence-electron chi connectivity index (χ1n) is 7.83. The van der Waals surface area contributed by atoms with E-state index >= 15 is 0 Å². The molecular weight excluding hydrogens is 256 g/mol. The average Bonchev–Trinajstić information content (AvgIpc) is 3.13. The van der Waals surface area contributed by atoms with Crippen molar-refractivity contribution in [3.05, 3.63) is 0 Å². The summed E-state index contributed by atoms with van der Waals surface area (Å²) >= 11 is 0. The number of carbonyl (C=O) groups excluding carboxylic acids is 2. The molecule has 3 fully saturated rings. The predicted molar refractivity (Wildman–Crippen MR) is 74.0 cm³/mol. The van der Waals surface area contributed by atoms with Crippen molar-refractivity contribution >= 4 is 11.8 Å². The highest BCUT2D eigenvalue weighted by Gasteiger charge is 2.50. The summed E-state index contributed by atoms with van der Waals surface area (Å²) in [7, 11) is 1.65. The lowest BCUT2D eigenvalue weighted by molar-refractivity contribution is -0.133. The van der Waals surface area contributed by atoms with Crippen LogP contribution in [0.4, 0.5) is 0 Å². The summed E-state index contributed by atoms with van der Waals surface area (Å²) in [6.07, 6.45) is 6.31. The molecule has 20 heavy (non-hydrogen) atoms. The molecule has 112 valence electrons. The fraction of sp³-hybridized carbons (Fsp3) is 0.867. The topological polar surface area (TPSA) is 58.6 Å². The Morgan fingerprint density at radius 1 is 1.25 bits per heavy atom. The Morgan fingerprint density at radius 3 is 2.70 bits per heavy atom. The number of rotatable bonds is 3. The molecule has 1 aliphatic carbocycles. The molecule has 0 bridgehead atoms. The Bertz CT molecular complexity index is 393. The molecule has 0 aromatic carbocycles. The van der Waals surface area contributed by atoms with E-state index in [1.54, 1.807) is 7.05 Å². The van der Waals surface area contributed by atoms with Crippen LogP contribution in [0.1, 0.15) is 38.5 Å². The van der Waals surface area contributed by atoms with Crippen molar-refractivity contribution in [2.45, 2.75) is 50.7 Å². The fourth-order valence-corrected chi connectivity index (χ4v) is 4.05. The van der Waals surface area contributed by atoms with Crippen LogP contribution >= 0.6 is 0 Å². The summed E-state index contributed by atoms with van der Waals surface area (Å²) in [5, 5.41) is 2.70. The Morgan fingerprint density at radius 2 is 2.00 bits per heavy atom. The number of amides is 2. The Kier molecular flexibility index (Phi) is 3.96. The van der Waals surface area contributed by atoms with E-state index in [4.69, 9.17) is 4.74 Å². The van der Waals surface area contributed by atoms with Crippen LogP contribution in [0.15, 0.2) is 0 Å². The lowest BCUT2D eigenvalue weighted by Gasteiger charge is -2.24. The molecule has 0 unspecified atom stereocenters. The molecule has 2 heterocycles. The van der Waals surface area contributed by atoms with E-state index < -0.39 is 0 Å². The molecule has 1 N–H and O–H groups in total. The molecule has 5 heteroatoms. The lowest BCUT2D eigenvalue weighted by Crippen LogP contribution is -2.38. The number of likely N-dealkylation sites (tertiary alicyclic amines) is 1. The summed E-state index contributed by atoms with van der Waals surface area (Å²) in [5.41, 5.74) is 0. The van der Waals surface area contributed by atoms with Crippen molar-refractivity contribution in [2.75, 3.05) is 20.2 Å². The van der Waals surface area contributed by atoms with Crippen LogP contribution in [0, 0.1) is 11.8 Å². The number of fused-ring (bicyclic) bond motifs is 1. The summed E-state index contributed by atoms with van der Waals surface area (Å²) in [4.78, 5) is 26.4. The van der Waals surface area contributed by atoms with E-state index in [1.165, 1.54) is 25.7 Å². The largest absolute Gasteiger partial charge is 0.375 e. The van der Waals surface area contributed by atoms with Crippen molar-refractivity contribution in [3.8, 4) is 0 Å². The zero-order valence-corrected chi connectivity index (χ0v) is 12.1. The minimum atomic E-state index is -0.194. The van der Waals surface area contributed by atoms with E-state index in [-0.39, 0.29) is 29.9 Å². The molecule has 2 aliphatic heterocycles. The highest BCUT2D eigenvalue weighted by atomic mass is 16.5. The molecule has 0 spiro atoms. The molecule has 1 saturated carbocycles. The molecule has 2 saturated heterocycles. The first-order valence-corrected chi connectivity index (χ1v) is 7.83. The van der Waals surface area contributed by atoms with Gasteiger partial charge in [0.05, 0.1) is 18.1 Å². The molecule has 3 aliphatic rings. The highest BCUT2D eigenvalue weighted by molar-refractivity contribution is 5.83. The van der Waals surface area contributed by atoms with E-state index in [1.807, 2.05) is 4.90 Å². The Hall–Kier alpha value is -1.10. The lowest BCUT2D eigenvalue weighted by atomic mass is 10.0. The Balaban J connectivity index is 1.66. The van der Waals surface area contributed by atoms with Crippen molar-refractivity contribution < 1.29 is 14.3 Å². The van der Waals surface area contributed by atoms with E-state index in [0.29, 0.717) is 25.5 Å². The van der Waals surface area contributed by atoms with E-state index in [0.717, 1.165) is 6.42 Å². The second kappa shape index (κ2) is 5.72. The molecule has 0 radical (unpaired) electrons. The summed E-state index contributed by atoms with van der Waals surface area (Å²) in [6.45, 7) is 1.19. The van der Waals surface area contributed by atoms with Crippen molar-refractivity contribution in [2.24, 2.45) is 11.8 Å². The molecular formula is C15H24N2O3. The highest BCUT2D eigenvalue weighted by Crippen LogP contribution is 2.35. The average molecular weight is 280 g/mol. The molecule has 3 atom stereocenters. The first kappa shape index (κ1) is 13.9. The summed E-state index contributed by atoms with van der Waals surface area (Å²) in [5.74, 6) is 0.587. The van der Waals surface area contributed by atoms with Gasteiger partial charge in [0.2, 0.25) is 11.8 Å². The van der Waals surface area contributed by atoms with Gasteiger partial charge in [0.15, 0.2) is 0 Å². The minimum Gasteiger partial charge on any atom is -0.375 e. The quantitative estimate of drug-likeness (QED) is 0.836. The van der Waals surface area contributed by atoms with E-state index in [2.05, 4.69) is 5.32 Å². The van der Waals surface area contributed by atoms with Crippen LogP contribution in [0.5, 0.6) is 0 Å². The van der Waals surface area contributed by atoms with Crippen LogP contribution in [0.3, 0.4) is 0 Å². The maximum atomic E-state index is 12.5. The van der Waals surface area contributed by atoms with Gasteiger partial charge in [-0.3, -0.25) is 9.59 Å². The van der Waals surface area contributed by atoms with E-state index in [9.17, 15) is 9.59 Å². The monoisotopic (exact) mass is 280 g/mol. The maximum absolute atomic E-state index is 12.5. The third-order valence-corrected chi connectivity index (χ3v) is 5.14. The summed E-state index contributed by atoms with van der Waals surface area (Å²) in [6, 6.07) is 0.117. The van der Waals surface area contributed by atoms with Gasteiger partial charge in [-0.2, -0.15) is 0 Å². The van der Waals surface area contributed by atoms with Gasteiger partial charge in [0.25, 0.3) is 0 Å². The predicted octanol–water partition coefficient (Wildman–Crippen LogP) is 0.929. The number of nitrogens with zero attached hydrogens (tertiary/aromatic N) is 1. The van der Waals surface area contributed by atoms with Crippen LogP contribution in [0.25, 0.3) is 0 Å². The number of ether oxygens (including phenoxy) is 1. The van der Waals surface area contributed by atoms with Gasteiger partial charge in [0, 0.05) is 26.6 Å². The zero-order chi connectivity index (χ0) is 14.1. The van der Waals surface area contributed by atoms with Crippen molar-refractivity contribution in [1.29, 1.82) is 0 Å². The van der Waals surface area contributed by atoms with Crippen LogP contribution < -0.4 is 5.32 Å².